The van der Waals surface area contributed by atoms with E-state index in [1.54, 1.807) is 0 Å². The zero-order chi connectivity index (χ0) is 11.1. The molecule has 1 aromatic carbocycles. The van der Waals surface area contributed by atoms with Crippen LogP contribution in [0, 0.1) is 17.2 Å². The van der Waals surface area contributed by atoms with Crippen molar-refractivity contribution < 1.29 is 8.42 Å². The van der Waals surface area contributed by atoms with Gasteiger partial charge in [0, 0.05) is 5.02 Å². The van der Waals surface area contributed by atoms with E-state index in [-0.39, 0.29) is 10.8 Å². The van der Waals surface area contributed by atoms with Gasteiger partial charge in [0.15, 0.2) is 9.84 Å². The van der Waals surface area contributed by atoms with Crippen LogP contribution in [0.25, 0.3) is 0 Å². The van der Waals surface area contributed by atoms with Crippen LogP contribution < -0.4 is 0 Å². The number of benzene rings is 1. The van der Waals surface area contributed by atoms with E-state index >= 15 is 0 Å². The molecule has 3 nitrogen and oxygen atoms in total. The minimum absolute atomic E-state index is 0.245. The van der Waals surface area contributed by atoms with Gasteiger partial charge in [0.1, 0.15) is 0 Å². The summed E-state index contributed by atoms with van der Waals surface area (Å²) >= 11 is 5.67. The highest BCUT2D eigenvalue weighted by Crippen LogP contribution is 2.39. The van der Waals surface area contributed by atoms with Crippen molar-refractivity contribution in [1.29, 1.82) is 5.26 Å². The fourth-order valence-electron chi connectivity index (χ4n) is 1.45. The van der Waals surface area contributed by atoms with Crippen molar-refractivity contribution in [3.8, 4) is 6.07 Å². The van der Waals surface area contributed by atoms with Gasteiger partial charge in [-0.25, -0.2) is 8.42 Å². The molecule has 1 aliphatic carbocycles. The van der Waals surface area contributed by atoms with Crippen LogP contribution in [0.5, 0.6) is 0 Å². The molecule has 1 fully saturated rings. The molecule has 0 unspecified atom stereocenters. The molecule has 0 saturated heterocycles. The van der Waals surface area contributed by atoms with Gasteiger partial charge < -0.3 is 0 Å². The summed E-state index contributed by atoms with van der Waals surface area (Å²) in [7, 11) is -3.32. The van der Waals surface area contributed by atoms with Crippen molar-refractivity contribution in [3.05, 3.63) is 29.3 Å². The first-order valence-corrected chi connectivity index (χ1v) is 6.37. The molecule has 0 radical (unpaired) electrons. The molecule has 2 atom stereocenters. The SMILES string of the molecule is N#C[C@H]1C[C@H]1S(=O)(=O)c1ccc(Cl)cc1. The summed E-state index contributed by atoms with van der Waals surface area (Å²) in [4.78, 5) is 0.245. The van der Waals surface area contributed by atoms with E-state index in [1.807, 2.05) is 6.07 Å². The highest BCUT2D eigenvalue weighted by Gasteiger charge is 2.48. The summed E-state index contributed by atoms with van der Waals surface area (Å²) in [5.74, 6) is -0.342. The van der Waals surface area contributed by atoms with Crippen molar-refractivity contribution in [2.24, 2.45) is 5.92 Å². The number of hydrogen-bond acceptors (Lipinski definition) is 3. The Morgan fingerprint density at radius 3 is 2.40 bits per heavy atom. The second kappa shape index (κ2) is 3.51. The van der Waals surface area contributed by atoms with E-state index in [0.29, 0.717) is 11.4 Å². The van der Waals surface area contributed by atoms with E-state index in [2.05, 4.69) is 0 Å². The first-order valence-electron chi connectivity index (χ1n) is 4.45. The average molecular weight is 242 g/mol. The van der Waals surface area contributed by atoms with Gasteiger partial charge in [-0.2, -0.15) is 5.26 Å². The standard InChI is InChI=1S/C10H8ClNO2S/c11-8-1-3-9(4-2-8)15(13,14)10-5-7(10)6-12/h1-4,7,10H,5H2/t7-,10-/m1/s1. The minimum atomic E-state index is -3.32. The zero-order valence-corrected chi connectivity index (χ0v) is 9.29. The molecule has 1 aromatic rings. The van der Waals surface area contributed by atoms with Crippen LogP contribution in [0.4, 0.5) is 0 Å². The second-order valence-corrected chi connectivity index (χ2v) is 6.11. The number of sulfone groups is 1. The van der Waals surface area contributed by atoms with Gasteiger partial charge in [-0.1, -0.05) is 11.6 Å². The third-order valence-corrected chi connectivity index (χ3v) is 4.94. The lowest BCUT2D eigenvalue weighted by atomic mass is 10.4. The normalized spacial score (nSPS) is 24.5. The van der Waals surface area contributed by atoms with Gasteiger partial charge in [-0.3, -0.25) is 0 Å². The lowest BCUT2D eigenvalue weighted by Crippen LogP contribution is -2.08. The van der Waals surface area contributed by atoms with Gasteiger partial charge >= 0.3 is 0 Å². The molecule has 0 aliphatic heterocycles. The molecule has 15 heavy (non-hydrogen) atoms. The Morgan fingerprint density at radius 2 is 1.93 bits per heavy atom. The fourth-order valence-corrected chi connectivity index (χ4v) is 3.39. The Bertz CT molecular complexity index is 515. The Labute approximate surface area is 93.2 Å². The summed E-state index contributed by atoms with van der Waals surface area (Å²) < 4.78 is 23.8. The summed E-state index contributed by atoms with van der Waals surface area (Å²) in [6.45, 7) is 0. The monoisotopic (exact) mass is 241 g/mol. The Morgan fingerprint density at radius 1 is 1.33 bits per heavy atom. The third kappa shape index (κ3) is 1.85. The maximum absolute atomic E-state index is 11.9. The van der Waals surface area contributed by atoms with Crippen LogP contribution in [0.3, 0.4) is 0 Å². The highest BCUT2D eigenvalue weighted by molar-refractivity contribution is 7.92. The van der Waals surface area contributed by atoms with Crippen LogP contribution in [-0.2, 0) is 9.84 Å². The molecule has 0 bridgehead atoms. The number of nitriles is 1. The summed E-state index contributed by atoms with van der Waals surface area (Å²) in [6.07, 6.45) is 0.446. The molecule has 0 amide bonds. The Balaban J connectivity index is 2.32. The largest absolute Gasteiger partial charge is 0.223 e. The predicted octanol–water partition coefficient (Wildman–Crippen LogP) is 2.03. The van der Waals surface area contributed by atoms with Gasteiger partial charge in [-0.05, 0) is 30.7 Å². The maximum atomic E-state index is 11.9. The van der Waals surface area contributed by atoms with E-state index in [1.165, 1.54) is 24.3 Å². The van der Waals surface area contributed by atoms with Gasteiger partial charge in [0.25, 0.3) is 0 Å². The molecular formula is C10H8ClNO2S. The molecule has 0 N–H and O–H groups in total. The highest BCUT2D eigenvalue weighted by atomic mass is 35.5. The smallest absolute Gasteiger partial charge is 0.182 e. The van der Waals surface area contributed by atoms with Crippen LogP contribution in [0.2, 0.25) is 5.02 Å². The second-order valence-electron chi connectivity index (χ2n) is 3.51. The van der Waals surface area contributed by atoms with Gasteiger partial charge in [-0.15, -0.1) is 0 Å². The van der Waals surface area contributed by atoms with Crippen molar-refractivity contribution >= 4 is 21.4 Å². The quantitative estimate of drug-likeness (QED) is 0.796. The fraction of sp³-hybridized carbons (Fsp3) is 0.300. The van der Waals surface area contributed by atoms with Gasteiger partial charge in [0.2, 0.25) is 0 Å². The zero-order valence-electron chi connectivity index (χ0n) is 7.72. The molecule has 1 aliphatic rings. The van der Waals surface area contributed by atoms with E-state index < -0.39 is 15.1 Å². The molecule has 0 spiro atoms. The predicted molar refractivity (Wildman–Crippen MR) is 56.1 cm³/mol. The molecule has 0 aromatic heterocycles. The molecule has 2 rings (SSSR count). The first kappa shape index (κ1) is 10.5. The molecule has 1 saturated carbocycles. The van der Waals surface area contributed by atoms with Crippen LogP contribution in [0.15, 0.2) is 29.2 Å². The third-order valence-electron chi connectivity index (χ3n) is 2.44. The number of nitrogens with zero attached hydrogens (tertiary/aromatic N) is 1. The molecule has 0 heterocycles. The van der Waals surface area contributed by atoms with Crippen molar-refractivity contribution in [3.63, 3.8) is 0 Å². The average Bonchev–Trinajstić information content (AvgIpc) is 2.98. The number of halogens is 1. The first-order chi connectivity index (χ1) is 7.05. The van der Waals surface area contributed by atoms with Crippen molar-refractivity contribution in [1.82, 2.24) is 0 Å². The lowest BCUT2D eigenvalue weighted by molar-refractivity contribution is 0.594. The maximum Gasteiger partial charge on any atom is 0.182 e. The van der Waals surface area contributed by atoms with Gasteiger partial charge in [0.05, 0.1) is 22.1 Å². The van der Waals surface area contributed by atoms with Crippen molar-refractivity contribution in [2.45, 2.75) is 16.6 Å². The Kier molecular flexibility index (Phi) is 2.45. The van der Waals surface area contributed by atoms with E-state index in [0.717, 1.165) is 0 Å². The molecule has 78 valence electrons. The molecule has 5 heteroatoms. The number of rotatable bonds is 2. The summed E-state index contributed by atoms with van der Waals surface area (Å²) in [6, 6.07) is 8.00. The number of hydrogen-bond donors (Lipinski definition) is 0. The van der Waals surface area contributed by atoms with Crippen LogP contribution in [-0.4, -0.2) is 13.7 Å². The van der Waals surface area contributed by atoms with E-state index in [9.17, 15) is 8.42 Å². The van der Waals surface area contributed by atoms with Crippen LogP contribution in [0.1, 0.15) is 6.42 Å². The summed E-state index contributed by atoms with van der Waals surface area (Å²) in [5, 5.41) is 8.57. The minimum Gasteiger partial charge on any atom is -0.223 e. The molecular weight excluding hydrogens is 234 g/mol. The Hall–Kier alpha value is -1.05. The topological polar surface area (TPSA) is 57.9 Å². The van der Waals surface area contributed by atoms with Crippen molar-refractivity contribution in [2.75, 3.05) is 0 Å². The summed E-state index contributed by atoms with van der Waals surface area (Å²) in [5.41, 5.74) is 0. The van der Waals surface area contributed by atoms with E-state index in [4.69, 9.17) is 16.9 Å². The lowest BCUT2D eigenvalue weighted by Gasteiger charge is -2.01. The van der Waals surface area contributed by atoms with Crippen LogP contribution >= 0.6 is 11.6 Å².